The zero-order valence-electron chi connectivity index (χ0n) is 31.1. The average molecular weight is 623 g/mol. The fourth-order valence-electron chi connectivity index (χ4n) is 5.42. The Balaban J connectivity index is 4.18. The van der Waals surface area contributed by atoms with Crippen molar-refractivity contribution in [1.82, 2.24) is 0 Å². The molecule has 0 spiro atoms. The minimum Gasteiger partial charge on any atom is -0.460 e. The van der Waals surface area contributed by atoms with Gasteiger partial charge in [-0.25, -0.2) is 0 Å². The van der Waals surface area contributed by atoms with Crippen molar-refractivity contribution in [2.75, 3.05) is 0 Å². The van der Waals surface area contributed by atoms with E-state index >= 15 is 0 Å². The number of hydrogen-bond acceptors (Lipinski definition) is 3. The topological polar surface area (TPSA) is 35.5 Å². The second-order valence-electron chi connectivity index (χ2n) is 16.1. The van der Waals surface area contributed by atoms with E-state index in [0.29, 0.717) is 12.5 Å². The Hall–Kier alpha value is -0.613. The van der Waals surface area contributed by atoms with Crippen LogP contribution in [-0.2, 0) is 14.0 Å². The highest BCUT2D eigenvalue weighted by molar-refractivity contribution is 6.74. The molecular weight excluding hydrogens is 545 g/mol. The summed E-state index contributed by atoms with van der Waals surface area (Å²) in [5.74, 6) is 0.760. The van der Waals surface area contributed by atoms with Gasteiger partial charge in [0.1, 0.15) is 5.60 Å². The number of ether oxygens (including phenoxy) is 1. The number of allylic oxidation sites excluding steroid dienone is 2. The third-order valence-corrected chi connectivity index (χ3v) is 13.8. The molecule has 0 amide bonds. The Labute approximate surface area is 272 Å². The van der Waals surface area contributed by atoms with Crippen LogP contribution < -0.4 is 0 Å². The van der Waals surface area contributed by atoms with Crippen molar-refractivity contribution in [3.63, 3.8) is 0 Å². The first-order chi connectivity index (χ1) is 20.2. The van der Waals surface area contributed by atoms with Crippen molar-refractivity contribution in [1.29, 1.82) is 0 Å². The van der Waals surface area contributed by atoms with Gasteiger partial charge in [0.15, 0.2) is 8.32 Å². The number of hydrogen-bond donors (Lipinski definition) is 0. The summed E-state index contributed by atoms with van der Waals surface area (Å²) in [5.41, 5.74) is -0.363. The largest absolute Gasteiger partial charge is 0.460 e. The summed E-state index contributed by atoms with van der Waals surface area (Å²) in [6.45, 7) is 22.4. The lowest BCUT2D eigenvalue weighted by molar-refractivity contribution is -0.154. The summed E-state index contributed by atoms with van der Waals surface area (Å²) < 4.78 is 12.3. The lowest BCUT2D eigenvalue weighted by Crippen LogP contribution is -2.43. The normalized spacial score (nSPS) is 14.4. The fraction of sp³-hybridized carbons (Fsp3) is 0.923. The van der Waals surface area contributed by atoms with Crippen LogP contribution in [0.2, 0.25) is 18.1 Å². The lowest BCUT2D eigenvalue weighted by atomic mass is 9.98. The number of rotatable bonds is 27. The number of unbranched alkanes of at least 4 members (excludes halogenated alkanes) is 14. The van der Waals surface area contributed by atoms with Gasteiger partial charge >= 0.3 is 5.97 Å². The molecule has 0 radical (unpaired) electrons. The summed E-state index contributed by atoms with van der Waals surface area (Å²) >= 11 is 0. The Morgan fingerprint density at radius 3 is 1.67 bits per heavy atom. The molecule has 43 heavy (non-hydrogen) atoms. The molecule has 0 aromatic carbocycles. The molecule has 0 saturated carbocycles. The summed E-state index contributed by atoms with van der Waals surface area (Å²) in [4.78, 5) is 11.8. The molecule has 256 valence electrons. The quantitative estimate of drug-likeness (QED) is 0.0395. The van der Waals surface area contributed by atoms with Crippen LogP contribution in [0.15, 0.2) is 12.2 Å². The molecule has 0 aromatic heterocycles. The molecule has 0 heterocycles. The van der Waals surface area contributed by atoms with E-state index in [9.17, 15) is 4.79 Å². The highest BCUT2D eigenvalue weighted by Crippen LogP contribution is 2.38. The fourth-order valence-corrected chi connectivity index (χ4v) is 6.85. The number of carbonyl (C=O) groups is 1. The van der Waals surface area contributed by atoms with E-state index in [1.165, 1.54) is 116 Å². The maximum atomic E-state index is 11.8. The van der Waals surface area contributed by atoms with E-state index < -0.39 is 8.32 Å². The first kappa shape index (κ1) is 42.4. The summed E-state index contributed by atoms with van der Waals surface area (Å²) in [7, 11) is -1.75. The van der Waals surface area contributed by atoms with Crippen LogP contribution in [0.4, 0.5) is 0 Å². The van der Waals surface area contributed by atoms with E-state index in [-0.39, 0.29) is 16.6 Å². The van der Waals surface area contributed by atoms with Gasteiger partial charge in [-0.2, -0.15) is 0 Å². The average Bonchev–Trinajstić information content (AvgIpc) is 2.89. The van der Waals surface area contributed by atoms with Crippen LogP contribution in [0.5, 0.6) is 0 Å². The standard InChI is InChI=1S/C39H78O3Si/c1-11-12-13-14-21-25-30-35(2)31-26-24-28-33-36(42-43(9,10)39(6,7)8)32-27-22-19-17-15-16-18-20-23-29-34-37(40)41-38(3,4)5/h24,26,35-36H,11-23,25,27-34H2,1-10H3/b26-24+/t35-,36+/m1/s1. The van der Waals surface area contributed by atoms with Crippen molar-refractivity contribution in [3.05, 3.63) is 12.2 Å². The molecule has 0 aliphatic carbocycles. The molecule has 0 unspecified atom stereocenters. The van der Waals surface area contributed by atoms with Crippen molar-refractivity contribution in [3.8, 4) is 0 Å². The second kappa shape index (κ2) is 24.6. The van der Waals surface area contributed by atoms with Crippen molar-refractivity contribution in [2.24, 2.45) is 5.92 Å². The van der Waals surface area contributed by atoms with Crippen LogP contribution >= 0.6 is 0 Å². The zero-order valence-corrected chi connectivity index (χ0v) is 32.1. The zero-order chi connectivity index (χ0) is 32.6. The summed E-state index contributed by atoms with van der Waals surface area (Å²) in [6, 6.07) is 0. The molecule has 3 nitrogen and oxygen atoms in total. The van der Waals surface area contributed by atoms with Gasteiger partial charge in [0, 0.05) is 12.5 Å². The first-order valence-electron chi connectivity index (χ1n) is 18.7. The molecule has 4 heteroatoms. The Morgan fingerprint density at radius 1 is 0.674 bits per heavy atom. The molecule has 0 saturated heterocycles. The smallest absolute Gasteiger partial charge is 0.306 e. The predicted molar refractivity (Wildman–Crippen MR) is 193 cm³/mol. The van der Waals surface area contributed by atoms with Gasteiger partial charge in [-0.05, 0) is 76.9 Å². The van der Waals surface area contributed by atoms with E-state index in [1.807, 2.05) is 20.8 Å². The third kappa shape index (κ3) is 26.3. The first-order valence-corrected chi connectivity index (χ1v) is 21.6. The molecule has 0 bridgehead atoms. The Kier molecular flexibility index (Phi) is 24.2. The molecule has 0 fully saturated rings. The molecule has 0 aliphatic rings. The SMILES string of the molecule is CCCCCCCC[C@@H](C)C/C=C/CC[C@H](CCCCCCCCCCCCC(=O)OC(C)(C)C)O[Si](C)(C)C(C)(C)C. The van der Waals surface area contributed by atoms with E-state index in [2.05, 4.69) is 59.9 Å². The van der Waals surface area contributed by atoms with Crippen molar-refractivity contribution >= 4 is 14.3 Å². The van der Waals surface area contributed by atoms with Gasteiger partial charge in [-0.1, -0.05) is 150 Å². The number of carbonyl (C=O) groups excluding carboxylic acids is 1. The molecule has 0 aromatic rings. The highest BCUT2D eigenvalue weighted by Gasteiger charge is 2.38. The molecule has 0 aliphatic heterocycles. The highest BCUT2D eigenvalue weighted by atomic mass is 28.4. The van der Waals surface area contributed by atoms with Gasteiger partial charge in [-0.3, -0.25) is 4.79 Å². The van der Waals surface area contributed by atoms with Crippen LogP contribution in [0.1, 0.15) is 197 Å². The van der Waals surface area contributed by atoms with Crippen molar-refractivity contribution in [2.45, 2.75) is 226 Å². The molecule has 2 atom stereocenters. The van der Waals surface area contributed by atoms with Gasteiger partial charge in [0.05, 0.1) is 0 Å². The monoisotopic (exact) mass is 623 g/mol. The van der Waals surface area contributed by atoms with Gasteiger partial charge in [-0.15, -0.1) is 0 Å². The van der Waals surface area contributed by atoms with Crippen LogP contribution in [0, 0.1) is 5.92 Å². The van der Waals surface area contributed by atoms with E-state index in [0.717, 1.165) is 25.2 Å². The van der Waals surface area contributed by atoms with Crippen LogP contribution in [0.25, 0.3) is 0 Å². The van der Waals surface area contributed by atoms with E-state index in [1.54, 1.807) is 0 Å². The Bertz CT molecular complexity index is 686. The van der Waals surface area contributed by atoms with Crippen LogP contribution in [0.3, 0.4) is 0 Å². The third-order valence-electron chi connectivity index (χ3n) is 9.26. The molecule has 0 N–H and O–H groups in total. The lowest BCUT2D eigenvalue weighted by Gasteiger charge is -2.39. The number of esters is 1. The maximum Gasteiger partial charge on any atom is 0.306 e. The van der Waals surface area contributed by atoms with Crippen LogP contribution in [-0.4, -0.2) is 26.0 Å². The Morgan fingerprint density at radius 2 is 1.16 bits per heavy atom. The molecular formula is C39H78O3Si. The maximum absolute atomic E-state index is 11.8. The minimum atomic E-state index is -1.75. The van der Waals surface area contributed by atoms with E-state index in [4.69, 9.17) is 9.16 Å². The summed E-state index contributed by atoms with van der Waals surface area (Å²) in [5, 5.41) is 0.267. The summed E-state index contributed by atoms with van der Waals surface area (Å²) in [6.07, 6.45) is 33.0. The van der Waals surface area contributed by atoms with Gasteiger partial charge < -0.3 is 9.16 Å². The predicted octanol–water partition coefficient (Wildman–Crippen LogP) is 13.5. The molecule has 0 rings (SSSR count). The van der Waals surface area contributed by atoms with Gasteiger partial charge in [0.2, 0.25) is 0 Å². The van der Waals surface area contributed by atoms with Crippen molar-refractivity contribution < 1.29 is 14.0 Å². The minimum absolute atomic E-state index is 0.0513. The second-order valence-corrected chi connectivity index (χ2v) is 20.9. The van der Waals surface area contributed by atoms with Gasteiger partial charge in [0.25, 0.3) is 0 Å².